The normalized spacial score (nSPS) is 11.7. The van der Waals surface area contributed by atoms with E-state index in [1.54, 1.807) is 24.3 Å². The molecule has 0 fully saturated rings. The van der Waals surface area contributed by atoms with Gasteiger partial charge in [0.15, 0.2) is 0 Å². The van der Waals surface area contributed by atoms with Gasteiger partial charge in [0.05, 0.1) is 16.5 Å². The quantitative estimate of drug-likeness (QED) is 0.760. The van der Waals surface area contributed by atoms with E-state index in [9.17, 15) is 12.8 Å². The number of halogens is 1. The number of nitriles is 1. The fourth-order valence-corrected chi connectivity index (χ4v) is 3.71. The summed E-state index contributed by atoms with van der Waals surface area (Å²) >= 11 is 0. The van der Waals surface area contributed by atoms with Gasteiger partial charge in [0, 0.05) is 19.6 Å². The molecular formula is C18H20FN3O2S. The molecule has 0 bridgehead atoms. The Morgan fingerprint density at radius 3 is 2.36 bits per heavy atom. The Kier molecular flexibility index (Phi) is 6.26. The Morgan fingerprint density at radius 1 is 1.08 bits per heavy atom. The molecule has 25 heavy (non-hydrogen) atoms. The van der Waals surface area contributed by atoms with Crippen molar-refractivity contribution in [2.24, 2.45) is 0 Å². The van der Waals surface area contributed by atoms with Crippen LogP contribution in [0.3, 0.4) is 0 Å². The molecule has 2 rings (SSSR count). The van der Waals surface area contributed by atoms with Crippen molar-refractivity contribution in [1.82, 2.24) is 9.21 Å². The second kappa shape index (κ2) is 8.21. The number of benzene rings is 2. The van der Waals surface area contributed by atoms with Crippen molar-refractivity contribution in [3.05, 3.63) is 65.5 Å². The zero-order valence-corrected chi connectivity index (χ0v) is 15.0. The zero-order chi connectivity index (χ0) is 18.4. The molecule has 0 aliphatic rings. The van der Waals surface area contributed by atoms with E-state index < -0.39 is 15.8 Å². The standard InChI is InChI=1S/C18H20FN3O2S/c1-21(2)10-11-22(14-16-5-3-4-15(12-16)13-20)25(23,24)18-8-6-17(19)7-9-18/h3-9,12H,10-11,14H2,1-2H3. The van der Waals surface area contributed by atoms with Gasteiger partial charge in [-0.15, -0.1) is 0 Å². The van der Waals surface area contributed by atoms with Gasteiger partial charge in [-0.2, -0.15) is 9.57 Å². The highest BCUT2D eigenvalue weighted by Gasteiger charge is 2.24. The first-order valence-corrected chi connectivity index (χ1v) is 9.16. The summed E-state index contributed by atoms with van der Waals surface area (Å²) in [5, 5.41) is 9.01. The lowest BCUT2D eigenvalue weighted by Gasteiger charge is -2.24. The van der Waals surface area contributed by atoms with Gasteiger partial charge in [0.2, 0.25) is 10.0 Å². The average Bonchev–Trinajstić information content (AvgIpc) is 2.58. The fourth-order valence-electron chi connectivity index (χ4n) is 2.29. The molecule has 0 N–H and O–H groups in total. The van der Waals surface area contributed by atoms with Crippen LogP contribution in [0.4, 0.5) is 4.39 Å². The minimum absolute atomic E-state index is 0.0455. The van der Waals surface area contributed by atoms with Crippen molar-refractivity contribution in [2.75, 3.05) is 27.2 Å². The van der Waals surface area contributed by atoms with E-state index >= 15 is 0 Å². The maximum atomic E-state index is 13.1. The molecule has 0 radical (unpaired) electrons. The summed E-state index contributed by atoms with van der Waals surface area (Å²) in [4.78, 5) is 1.93. The van der Waals surface area contributed by atoms with E-state index in [1.165, 1.54) is 16.4 Å². The molecule has 0 atom stereocenters. The van der Waals surface area contributed by atoms with Crippen LogP contribution in [0.1, 0.15) is 11.1 Å². The molecule has 132 valence electrons. The van der Waals surface area contributed by atoms with Gasteiger partial charge in [-0.25, -0.2) is 12.8 Å². The molecule has 0 aliphatic carbocycles. The molecule has 0 aromatic heterocycles. The van der Waals surface area contributed by atoms with Crippen LogP contribution in [-0.2, 0) is 16.6 Å². The predicted octanol–water partition coefficient (Wildman–Crippen LogP) is 2.45. The van der Waals surface area contributed by atoms with E-state index in [1.807, 2.05) is 25.1 Å². The third-order valence-electron chi connectivity index (χ3n) is 3.66. The SMILES string of the molecule is CN(C)CCN(Cc1cccc(C#N)c1)S(=O)(=O)c1ccc(F)cc1. The van der Waals surface area contributed by atoms with Crippen molar-refractivity contribution in [2.45, 2.75) is 11.4 Å². The lowest BCUT2D eigenvalue weighted by molar-refractivity contribution is 0.329. The summed E-state index contributed by atoms with van der Waals surface area (Å²) in [5.41, 5.74) is 1.20. The van der Waals surface area contributed by atoms with Crippen molar-refractivity contribution in [3.8, 4) is 6.07 Å². The highest BCUT2D eigenvalue weighted by molar-refractivity contribution is 7.89. The van der Waals surface area contributed by atoms with Gasteiger partial charge >= 0.3 is 0 Å². The van der Waals surface area contributed by atoms with Crippen LogP contribution >= 0.6 is 0 Å². The van der Waals surface area contributed by atoms with Gasteiger partial charge in [-0.05, 0) is 56.1 Å². The van der Waals surface area contributed by atoms with Crippen LogP contribution in [-0.4, -0.2) is 44.8 Å². The van der Waals surface area contributed by atoms with Gasteiger partial charge in [0.1, 0.15) is 5.82 Å². The summed E-state index contributed by atoms with van der Waals surface area (Å²) in [7, 11) is -0.0539. The number of hydrogen-bond acceptors (Lipinski definition) is 4. The molecule has 0 saturated carbocycles. The number of likely N-dealkylation sites (N-methyl/N-ethyl adjacent to an activating group) is 1. The molecule has 0 saturated heterocycles. The number of rotatable bonds is 7. The molecule has 5 nitrogen and oxygen atoms in total. The summed E-state index contributed by atoms with van der Waals surface area (Å²) in [6.45, 7) is 0.963. The van der Waals surface area contributed by atoms with Crippen LogP contribution in [0.2, 0.25) is 0 Å². The Hall–Kier alpha value is -2.27. The molecule has 0 heterocycles. The minimum atomic E-state index is -3.77. The first-order valence-electron chi connectivity index (χ1n) is 7.72. The molecular weight excluding hydrogens is 341 g/mol. The van der Waals surface area contributed by atoms with Gasteiger partial charge < -0.3 is 4.90 Å². The first kappa shape index (κ1) is 19.1. The number of nitrogens with zero attached hydrogens (tertiary/aromatic N) is 3. The predicted molar refractivity (Wildman–Crippen MR) is 93.7 cm³/mol. The third-order valence-corrected chi connectivity index (χ3v) is 5.52. The second-order valence-corrected chi connectivity index (χ2v) is 7.85. The topological polar surface area (TPSA) is 64.4 Å². The fraction of sp³-hybridized carbons (Fsp3) is 0.278. The molecule has 2 aromatic carbocycles. The van der Waals surface area contributed by atoms with Crippen molar-refractivity contribution in [3.63, 3.8) is 0 Å². The number of sulfonamides is 1. The summed E-state index contributed by atoms with van der Waals surface area (Å²) in [6.07, 6.45) is 0. The largest absolute Gasteiger partial charge is 0.308 e. The summed E-state index contributed by atoms with van der Waals surface area (Å²) in [6, 6.07) is 13.7. The van der Waals surface area contributed by atoms with Crippen LogP contribution in [0.25, 0.3) is 0 Å². The van der Waals surface area contributed by atoms with Gasteiger partial charge in [-0.3, -0.25) is 0 Å². The highest BCUT2D eigenvalue weighted by Crippen LogP contribution is 2.19. The van der Waals surface area contributed by atoms with E-state index in [-0.39, 0.29) is 18.0 Å². The first-order chi connectivity index (χ1) is 11.8. The zero-order valence-electron chi connectivity index (χ0n) is 14.2. The van der Waals surface area contributed by atoms with E-state index in [0.29, 0.717) is 12.1 Å². The van der Waals surface area contributed by atoms with Crippen LogP contribution < -0.4 is 0 Å². The lowest BCUT2D eigenvalue weighted by Crippen LogP contribution is -2.36. The lowest BCUT2D eigenvalue weighted by atomic mass is 10.1. The van der Waals surface area contributed by atoms with Gasteiger partial charge in [0.25, 0.3) is 0 Å². The molecule has 0 spiro atoms. The highest BCUT2D eigenvalue weighted by atomic mass is 32.2. The Labute approximate surface area is 148 Å². The van der Waals surface area contributed by atoms with Gasteiger partial charge in [-0.1, -0.05) is 12.1 Å². The number of hydrogen-bond donors (Lipinski definition) is 0. The Balaban J connectivity index is 2.34. The smallest absolute Gasteiger partial charge is 0.243 e. The average molecular weight is 361 g/mol. The van der Waals surface area contributed by atoms with Crippen LogP contribution in [0, 0.1) is 17.1 Å². The maximum Gasteiger partial charge on any atom is 0.243 e. The summed E-state index contributed by atoms with van der Waals surface area (Å²) in [5.74, 6) is -0.486. The van der Waals surface area contributed by atoms with Crippen LogP contribution in [0.15, 0.2) is 53.4 Å². The minimum Gasteiger partial charge on any atom is -0.308 e. The molecule has 0 unspecified atom stereocenters. The monoisotopic (exact) mass is 361 g/mol. The molecule has 0 aliphatic heterocycles. The van der Waals surface area contributed by atoms with Crippen molar-refractivity contribution < 1.29 is 12.8 Å². The maximum absolute atomic E-state index is 13.1. The van der Waals surface area contributed by atoms with E-state index in [2.05, 4.69) is 0 Å². The van der Waals surface area contributed by atoms with Crippen LogP contribution in [0.5, 0.6) is 0 Å². The van der Waals surface area contributed by atoms with Crippen molar-refractivity contribution in [1.29, 1.82) is 5.26 Å². The Bertz CT molecular complexity index is 859. The molecule has 0 amide bonds. The second-order valence-electron chi connectivity index (χ2n) is 5.91. The van der Waals surface area contributed by atoms with E-state index in [0.717, 1.165) is 17.7 Å². The third kappa shape index (κ3) is 5.10. The molecule has 7 heteroatoms. The Morgan fingerprint density at radius 2 is 1.76 bits per heavy atom. The van der Waals surface area contributed by atoms with E-state index in [4.69, 9.17) is 5.26 Å². The molecule has 2 aromatic rings. The summed E-state index contributed by atoms with van der Waals surface area (Å²) < 4.78 is 40.3. The van der Waals surface area contributed by atoms with Crippen molar-refractivity contribution >= 4 is 10.0 Å².